The van der Waals surface area contributed by atoms with Crippen LogP contribution in [0.4, 0.5) is 11.4 Å². The number of hydrogen-bond acceptors (Lipinski definition) is 6. The molecule has 1 fully saturated rings. The molecule has 3 aliphatic heterocycles. The largest absolute Gasteiger partial charge is 0.334 e. The van der Waals surface area contributed by atoms with Crippen molar-refractivity contribution < 1.29 is 13.2 Å². The van der Waals surface area contributed by atoms with Crippen LogP contribution in [-0.2, 0) is 10.0 Å². The van der Waals surface area contributed by atoms with Crippen molar-refractivity contribution >= 4 is 39.1 Å². The molecule has 158 valence electrons. The van der Waals surface area contributed by atoms with Crippen LogP contribution in [0.3, 0.4) is 0 Å². The number of benzene rings is 2. The van der Waals surface area contributed by atoms with Gasteiger partial charge in [0, 0.05) is 22.9 Å². The van der Waals surface area contributed by atoms with E-state index in [2.05, 4.69) is 14.9 Å². The third-order valence-electron chi connectivity index (χ3n) is 5.83. The van der Waals surface area contributed by atoms with E-state index in [1.165, 1.54) is 31.0 Å². The van der Waals surface area contributed by atoms with E-state index in [1.54, 1.807) is 12.1 Å². The number of para-hydroxylation sites is 1. The third-order valence-corrected chi connectivity index (χ3v) is 8.39. The summed E-state index contributed by atoms with van der Waals surface area (Å²) in [6, 6.07) is 10.9. The highest BCUT2D eigenvalue weighted by molar-refractivity contribution is 7.99. The average molecular weight is 445 g/mol. The van der Waals surface area contributed by atoms with Gasteiger partial charge in [0.2, 0.25) is 10.0 Å². The lowest BCUT2D eigenvalue weighted by atomic mass is 10.1. The van der Waals surface area contributed by atoms with Crippen molar-refractivity contribution in [2.24, 2.45) is 0 Å². The Morgan fingerprint density at radius 2 is 1.90 bits per heavy atom. The van der Waals surface area contributed by atoms with E-state index in [-0.39, 0.29) is 10.8 Å². The number of rotatable bonds is 5. The maximum Gasteiger partial charge on any atom is 0.254 e. The molecular weight excluding hydrogens is 420 g/mol. The molecule has 3 aliphatic rings. The summed E-state index contributed by atoms with van der Waals surface area (Å²) in [5.41, 5.74) is 2.45. The number of likely N-dealkylation sites (tertiary alicyclic amines) is 1. The van der Waals surface area contributed by atoms with Crippen LogP contribution in [0.15, 0.2) is 51.1 Å². The zero-order valence-electron chi connectivity index (χ0n) is 16.6. The molecule has 0 saturated carbocycles. The van der Waals surface area contributed by atoms with Crippen LogP contribution < -0.4 is 14.9 Å². The van der Waals surface area contributed by atoms with E-state index >= 15 is 0 Å². The summed E-state index contributed by atoms with van der Waals surface area (Å²) in [5.74, 6) is -0.0794. The van der Waals surface area contributed by atoms with Crippen molar-refractivity contribution in [2.75, 3.05) is 37.7 Å². The van der Waals surface area contributed by atoms with Crippen LogP contribution in [0.25, 0.3) is 0 Å². The van der Waals surface area contributed by atoms with Gasteiger partial charge in [-0.2, -0.15) is 0 Å². The number of piperidine rings is 1. The third kappa shape index (κ3) is 3.60. The highest BCUT2D eigenvalue weighted by atomic mass is 32.2. The minimum absolute atomic E-state index is 0.0794. The Balaban J connectivity index is 1.37. The quantitative estimate of drug-likeness (QED) is 0.738. The standard InChI is InChI=1S/C21H24N4O3S2/c26-21-16-5-4-6-18-20(16)25(14-22-21)17-8-7-15(13-19(17)29-18)30(27,28)23-9-12-24-10-2-1-3-11-24/h4-8,13,23H,1-3,9-12,14H2,(H,22,26). The molecule has 1 amide bonds. The molecule has 3 heterocycles. The molecule has 30 heavy (non-hydrogen) atoms. The van der Waals surface area contributed by atoms with Gasteiger partial charge in [0.1, 0.15) is 0 Å². The molecule has 7 nitrogen and oxygen atoms in total. The lowest BCUT2D eigenvalue weighted by Gasteiger charge is -2.37. The van der Waals surface area contributed by atoms with Gasteiger partial charge in [-0.3, -0.25) is 4.79 Å². The molecule has 5 rings (SSSR count). The first-order valence-corrected chi connectivity index (χ1v) is 12.6. The summed E-state index contributed by atoms with van der Waals surface area (Å²) in [5, 5.41) is 2.89. The summed E-state index contributed by atoms with van der Waals surface area (Å²) in [6.45, 7) is 3.62. The van der Waals surface area contributed by atoms with E-state index in [4.69, 9.17) is 0 Å². The SMILES string of the molecule is O=C1NCN2c3ccc(S(=O)(=O)NCCN4CCCCC4)cc3Sc3cccc1c32. The van der Waals surface area contributed by atoms with Crippen LogP contribution in [-0.4, -0.2) is 52.1 Å². The smallest absolute Gasteiger partial charge is 0.254 e. The molecular formula is C21H24N4O3S2. The predicted octanol–water partition coefficient (Wildman–Crippen LogP) is 2.75. The molecule has 2 aromatic rings. The van der Waals surface area contributed by atoms with Crippen LogP contribution in [0.1, 0.15) is 29.6 Å². The van der Waals surface area contributed by atoms with E-state index in [9.17, 15) is 13.2 Å². The van der Waals surface area contributed by atoms with Crippen LogP contribution in [0.2, 0.25) is 0 Å². The van der Waals surface area contributed by atoms with Crippen molar-refractivity contribution in [3.05, 3.63) is 42.0 Å². The van der Waals surface area contributed by atoms with Crippen LogP contribution in [0.5, 0.6) is 0 Å². The zero-order chi connectivity index (χ0) is 20.7. The number of nitrogens with one attached hydrogen (secondary N) is 2. The number of hydrogen-bond donors (Lipinski definition) is 2. The lowest BCUT2D eigenvalue weighted by molar-refractivity contribution is 0.0949. The summed E-state index contributed by atoms with van der Waals surface area (Å²) in [6.07, 6.45) is 3.64. The Morgan fingerprint density at radius 3 is 2.73 bits per heavy atom. The molecule has 9 heteroatoms. The monoisotopic (exact) mass is 444 g/mol. The molecule has 0 atom stereocenters. The molecule has 0 aliphatic carbocycles. The van der Waals surface area contributed by atoms with Crippen molar-refractivity contribution in [3.63, 3.8) is 0 Å². The normalized spacial score (nSPS) is 18.5. The minimum Gasteiger partial charge on any atom is -0.334 e. The summed E-state index contributed by atoms with van der Waals surface area (Å²) < 4.78 is 28.5. The van der Waals surface area contributed by atoms with Gasteiger partial charge in [-0.25, -0.2) is 13.1 Å². The van der Waals surface area contributed by atoms with Gasteiger partial charge in [-0.1, -0.05) is 24.2 Å². The van der Waals surface area contributed by atoms with Crippen molar-refractivity contribution in [2.45, 2.75) is 33.9 Å². The summed E-state index contributed by atoms with van der Waals surface area (Å²) in [4.78, 5) is 18.7. The second-order valence-corrected chi connectivity index (χ2v) is 10.6. The van der Waals surface area contributed by atoms with Crippen molar-refractivity contribution in [3.8, 4) is 0 Å². The number of anilines is 2. The molecule has 2 aromatic carbocycles. The summed E-state index contributed by atoms with van der Waals surface area (Å²) in [7, 11) is -3.58. The van der Waals surface area contributed by atoms with E-state index in [0.29, 0.717) is 18.8 Å². The minimum atomic E-state index is -3.58. The molecule has 0 unspecified atom stereocenters. The number of nitrogens with zero attached hydrogens (tertiary/aromatic N) is 2. The fraction of sp³-hybridized carbons (Fsp3) is 0.381. The van der Waals surface area contributed by atoms with Gasteiger partial charge >= 0.3 is 0 Å². The number of sulfonamides is 1. The Kier molecular flexibility index (Phi) is 5.22. The van der Waals surface area contributed by atoms with Gasteiger partial charge in [0.25, 0.3) is 5.91 Å². The Bertz CT molecular complexity index is 1100. The Labute approximate surface area is 180 Å². The first kappa shape index (κ1) is 19.9. The van der Waals surface area contributed by atoms with Gasteiger partial charge in [-0.05, 0) is 56.3 Å². The number of carbonyl (C=O) groups is 1. The fourth-order valence-corrected chi connectivity index (χ4v) is 6.58. The average Bonchev–Trinajstić information content (AvgIpc) is 2.76. The van der Waals surface area contributed by atoms with Gasteiger partial charge in [-0.15, -0.1) is 0 Å². The van der Waals surface area contributed by atoms with Crippen LogP contribution >= 0.6 is 11.8 Å². The first-order chi connectivity index (χ1) is 14.5. The van der Waals surface area contributed by atoms with E-state index in [0.717, 1.165) is 40.8 Å². The van der Waals surface area contributed by atoms with E-state index < -0.39 is 10.0 Å². The molecule has 0 bridgehead atoms. The number of amides is 1. The topological polar surface area (TPSA) is 81.8 Å². The zero-order valence-corrected chi connectivity index (χ0v) is 18.2. The lowest BCUT2D eigenvalue weighted by Crippen LogP contribution is -2.42. The maximum atomic E-state index is 12.9. The van der Waals surface area contributed by atoms with Crippen LogP contribution in [0, 0.1) is 0 Å². The molecule has 0 spiro atoms. The maximum absolute atomic E-state index is 12.9. The second kappa shape index (κ2) is 7.88. The Hall–Kier alpha value is -2.07. The first-order valence-electron chi connectivity index (χ1n) is 10.3. The number of fused-ring (bicyclic) bond motifs is 2. The molecule has 2 N–H and O–H groups in total. The van der Waals surface area contributed by atoms with E-state index in [1.807, 2.05) is 29.2 Å². The molecule has 0 aromatic heterocycles. The molecule has 0 radical (unpaired) electrons. The van der Waals surface area contributed by atoms with Gasteiger partial charge in [0.15, 0.2) is 0 Å². The number of carbonyl (C=O) groups excluding carboxylic acids is 1. The molecule has 1 saturated heterocycles. The second-order valence-electron chi connectivity index (χ2n) is 7.78. The van der Waals surface area contributed by atoms with Gasteiger partial charge in [0.05, 0.1) is 28.5 Å². The van der Waals surface area contributed by atoms with Crippen molar-refractivity contribution in [1.82, 2.24) is 14.9 Å². The van der Waals surface area contributed by atoms with Crippen molar-refractivity contribution in [1.29, 1.82) is 0 Å². The highest BCUT2D eigenvalue weighted by Gasteiger charge is 2.32. The summed E-state index contributed by atoms with van der Waals surface area (Å²) >= 11 is 1.51. The fourth-order valence-electron chi connectivity index (χ4n) is 4.29. The predicted molar refractivity (Wildman–Crippen MR) is 117 cm³/mol. The Morgan fingerprint density at radius 1 is 1.07 bits per heavy atom. The van der Waals surface area contributed by atoms with Gasteiger partial charge < -0.3 is 15.1 Å². The highest BCUT2D eigenvalue weighted by Crippen LogP contribution is 2.50.